The van der Waals surface area contributed by atoms with Gasteiger partial charge in [-0.1, -0.05) is 11.6 Å². The largest absolute Gasteiger partial charge is 0.507 e. The maximum Gasteiger partial charge on any atom is 0.344 e. The molecule has 26 heavy (non-hydrogen) atoms. The van der Waals surface area contributed by atoms with Crippen molar-refractivity contribution in [2.45, 2.75) is 12.8 Å². The number of halogens is 2. The molecular weight excluding hydrogens is 432 g/mol. The summed E-state index contributed by atoms with van der Waals surface area (Å²) in [5, 5.41) is 25.0. The van der Waals surface area contributed by atoms with Crippen LogP contribution in [0.3, 0.4) is 0 Å². The van der Waals surface area contributed by atoms with E-state index in [1.807, 2.05) is 0 Å². The smallest absolute Gasteiger partial charge is 0.344 e. The summed E-state index contributed by atoms with van der Waals surface area (Å²) in [4.78, 5) is 23.5. The average molecular weight is 444 g/mol. The number of nitrogens with zero attached hydrogens (tertiary/aromatic N) is 1. The van der Waals surface area contributed by atoms with Gasteiger partial charge in [0.1, 0.15) is 23.2 Å². The molecule has 1 aromatic heterocycles. The van der Waals surface area contributed by atoms with Gasteiger partial charge in [-0.3, -0.25) is 10.1 Å². The minimum absolute atomic E-state index is 0.158. The van der Waals surface area contributed by atoms with E-state index in [-0.39, 0.29) is 33.5 Å². The zero-order valence-electron chi connectivity index (χ0n) is 13.5. The Bertz CT molecular complexity index is 1020. The molecule has 1 aromatic carbocycles. The van der Waals surface area contributed by atoms with E-state index in [2.05, 4.69) is 21.2 Å². The Kier molecular flexibility index (Phi) is 4.68. The Morgan fingerprint density at radius 3 is 2.65 bits per heavy atom. The van der Waals surface area contributed by atoms with Crippen LogP contribution < -0.4 is 15.7 Å². The third-order valence-corrected chi connectivity index (χ3v) is 4.67. The third kappa shape index (κ3) is 2.93. The van der Waals surface area contributed by atoms with Crippen molar-refractivity contribution in [3.05, 3.63) is 76.7 Å². The summed E-state index contributed by atoms with van der Waals surface area (Å²) in [7, 11) is 1.45. The molecule has 136 valence electrons. The number of rotatable bonds is 3. The van der Waals surface area contributed by atoms with Crippen LogP contribution in [0.15, 0.2) is 43.5 Å². The first-order valence-corrected chi connectivity index (χ1v) is 8.48. The van der Waals surface area contributed by atoms with E-state index >= 15 is 0 Å². The minimum atomic E-state index is -1.25. The number of allylic oxidation sites excluding steroid dienone is 1. The molecule has 10 heteroatoms. The molecule has 0 spiro atoms. The number of benzene rings is 1. The molecule has 2 heterocycles. The molecule has 0 saturated heterocycles. The van der Waals surface area contributed by atoms with Crippen LogP contribution in [0.4, 0.5) is 0 Å². The summed E-state index contributed by atoms with van der Waals surface area (Å²) in [6.07, 6.45) is 0. The van der Waals surface area contributed by atoms with Gasteiger partial charge in [0.05, 0.1) is 15.0 Å². The number of nitrogens with one attached hydrogen (secondary N) is 1. The number of nitro groups is 1. The average Bonchev–Trinajstić information content (AvgIpc) is 2.53. The second-order valence-electron chi connectivity index (χ2n) is 5.51. The Labute approximate surface area is 160 Å². The van der Waals surface area contributed by atoms with Gasteiger partial charge in [0, 0.05) is 23.7 Å². The van der Waals surface area contributed by atoms with E-state index in [0.29, 0.717) is 4.47 Å². The first kappa shape index (κ1) is 18.3. The molecule has 0 bridgehead atoms. The van der Waals surface area contributed by atoms with Crippen molar-refractivity contribution in [3.63, 3.8) is 0 Å². The topological polar surface area (TPSA) is 115 Å². The quantitative estimate of drug-likeness (QED) is 0.552. The Balaban J connectivity index is 2.42. The molecule has 2 N–H and O–H groups in total. The van der Waals surface area contributed by atoms with E-state index in [0.717, 1.165) is 0 Å². The summed E-state index contributed by atoms with van der Waals surface area (Å²) < 4.78 is 11.1. The van der Waals surface area contributed by atoms with Crippen LogP contribution in [0, 0.1) is 17.0 Å². The van der Waals surface area contributed by atoms with Gasteiger partial charge in [0.2, 0.25) is 0 Å². The molecule has 2 aromatic rings. The van der Waals surface area contributed by atoms with Crippen molar-refractivity contribution in [1.29, 1.82) is 0 Å². The standard InChI is InChI=1S/C16H12BrClN2O6/c1-6-3-10(21)12(16(22)25-6)11-8-4-7(18)5-9(17)14(8)26-15(19-2)13(11)20(23)24/h3-5,11,19,21H,1-2H3. The van der Waals surface area contributed by atoms with Crippen molar-refractivity contribution < 1.29 is 19.2 Å². The molecule has 3 rings (SSSR count). The number of ether oxygens (including phenoxy) is 1. The summed E-state index contributed by atoms with van der Waals surface area (Å²) in [6.45, 7) is 1.49. The molecule has 8 nitrogen and oxygen atoms in total. The van der Waals surface area contributed by atoms with Crippen LogP contribution in [0.2, 0.25) is 5.02 Å². The van der Waals surface area contributed by atoms with Gasteiger partial charge >= 0.3 is 11.3 Å². The summed E-state index contributed by atoms with van der Waals surface area (Å²) in [6, 6.07) is 4.22. The molecule has 1 unspecified atom stereocenters. The van der Waals surface area contributed by atoms with Crippen molar-refractivity contribution in [2.75, 3.05) is 7.05 Å². The maximum atomic E-state index is 12.4. The van der Waals surface area contributed by atoms with Crippen LogP contribution in [0.1, 0.15) is 22.8 Å². The predicted molar refractivity (Wildman–Crippen MR) is 96.1 cm³/mol. The van der Waals surface area contributed by atoms with Crippen molar-refractivity contribution in [2.24, 2.45) is 0 Å². The zero-order chi connectivity index (χ0) is 19.2. The second-order valence-corrected chi connectivity index (χ2v) is 6.80. The van der Waals surface area contributed by atoms with Crippen LogP contribution in [0.25, 0.3) is 0 Å². The van der Waals surface area contributed by atoms with Gasteiger partial charge in [-0.05, 0) is 35.0 Å². The molecule has 0 amide bonds. The van der Waals surface area contributed by atoms with Gasteiger partial charge in [0.15, 0.2) is 0 Å². The van der Waals surface area contributed by atoms with Crippen molar-refractivity contribution in [3.8, 4) is 11.5 Å². The van der Waals surface area contributed by atoms with Gasteiger partial charge in [0.25, 0.3) is 5.88 Å². The first-order valence-electron chi connectivity index (χ1n) is 7.31. The highest BCUT2D eigenvalue weighted by Gasteiger charge is 2.43. The fourth-order valence-corrected chi connectivity index (χ4v) is 3.78. The second kappa shape index (κ2) is 6.65. The van der Waals surface area contributed by atoms with Crippen LogP contribution in [-0.2, 0) is 0 Å². The third-order valence-electron chi connectivity index (χ3n) is 3.86. The molecule has 0 saturated carbocycles. The van der Waals surface area contributed by atoms with Gasteiger partial charge in [-0.15, -0.1) is 0 Å². The lowest BCUT2D eigenvalue weighted by atomic mass is 9.87. The number of aryl methyl sites for hydroxylation is 1. The van der Waals surface area contributed by atoms with E-state index in [1.165, 1.54) is 26.1 Å². The lowest BCUT2D eigenvalue weighted by Crippen LogP contribution is -2.30. The highest BCUT2D eigenvalue weighted by atomic mass is 79.9. The first-order chi connectivity index (χ1) is 12.2. The van der Waals surface area contributed by atoms with Gasteiger partial charge in [-0.2, -0.15) is 0 Å². The molecule has 0 fully saturated rings. The minimum Gasteiger partial charge on any atom is -0.507 e. The molecule has 0 radical (unpaired) electrons. The lowest BCUT2D eigenvalue weighted by Gasteiger charge is -2.26. The van der Waals surface area contributed by atoms with E-state index in [1.54, 1.807) is 6.07 Å². The Morgan fingerprint density at radius 2 is 2.08 bits per heavy atom. The van der Waals surface area contributed by atoms with Crippen LogP contribution in [-0.4, -0.2) is 17.1 Å². The molecule has 1 aliphatic heterocycles. The Morgan fingerprint density at radius 1 is 1.38 bits per heavy atom. The summed E-state index contributed by atoms with van der Waals surface area (Å²) in [5.41, 5.74) is -1.35. The lowest BCUT2D eigenvalue weighted by molar-refractivity contribution is -0.433. The van der Waals surface area contributed by atoms with Gasteiger partial charge < -0.3 is 19.6 Å². The number of hydrogen-bond acceptors (Lipinski definition) is 7. The molecular formula is C16H12BrClN2O6. The van der Waals surface area contributed by atoms with Crippen LogP contribution in [0.5, 0.6) is 11.5 Å². The SMILES string of the molecule is CNC1=C([N+](=O)[O-])C(c2c(O)cc(C)oc2=O)c2cc(Cl)cc(Br)c2O1. The maximum absolute atomic E-state index is 12.4. The van der Waals surface area contributed by atoms with E-state index in [9.17, 15) is 20.0 Å². The van der Waals surface area contributed by atoms with E-state index in [4.69, 9.17) is 20.8 Å². The highest BCUT2D eigenvalue weighted by molar-refractivity contribution is 9.10. The Hall–Kier alpha value is -2.52. The highest BCUT2D eigenvalue weighted by Crippen LogP contribution is 2.48. The predicted octanol–water partition coefficient (Wildman–Crippen LogP) is 3.26. The van der Waals surface area contributed by atoms with Gasteiger partial charge in [-0.25, -0.2) is 4.79 Å². The molecule has 1 atom stereocenters. The fraction of sp³-hybridized carbons (Fsp3) is 0.188. The summed E-state index contributed by atoms with van der Waals surface area (Å²) >= 11 is 9.39. The summed E-state index contributed by atoms with van der Waals surface area (Å²) in [5.74, 6) is -1.40. The number of aromatic hydroxyl groups is 1. The van der Waals surface area contributed by atoms with Crippen molar-refractivity contribution in [1.82, 2.24) is 5.32 Å². The number of fused-ring (bicyclic) bond motifs is 1. The van der Waals surface area contributed by atoms with Crippen molar-refractivity contribution >= 4 is 27.5 Å². The monoisotopic (exact) mass is 442 g/mol. The normalized spacial score (nSPS) is 16.1. The zero-order valence-corrected chi connectivity index (χ0v) is 15.8. The number of hydrogen-bond donors (Lipinski definition) is 2. The van der Waals surface area contributed by atoms with Crippen LogP contribution >= 0.6 is 27.5 Å². The molecule has 1 aliphatic rings. The van der Waals surface area contributed by atoms with E-state index < -0.39 is 27.9 Å². The fourth-order valence-electron chi connectivity index (χ4n) is 2.87. The molecule has 0 aliphatic carbocycles.